The van der Waals surface area contributed by atoms with Crippen LogP contribution in [-0.4, -0.2) is 51.3 Å². The summed E-state index contributed by atoms with van der Waals surface area (Å²) >= 11 is 0. The maximum Gasteiger partial charge on any atom is 0.193 e. The monoisotopic (exact) mass is 319 g/mol. The van der Waals surface area contributed by atoms with Crippen molar-refractivity contribution in [1.29, 1.82) is 0 Å². The summed E-state index contributed by atoms with van der Waals surface area (Å²) in [7, 11) is 3.68. The number of aliphatic imine (C=N–C) groups is 1. The number of ether oxygens (including phenoxy) is 2. The lowest BCUT2D eigenvalue weighted by atomic mass is 10.3. The number of nitrogens with one attached hydrogen (secondary N) is 1. The van der Waals surface area contributed by atoms with Crippen LogP contribution in [0.3, 0.4) is 0 Å². The van der Waals surface area contributed by atoms with Crippen molar-refractivity contribution >= 4 is 5.96 Å². The van der Waals surface area contributed by atoms with Gasteiger partial charge >= 0.3 is 0 Å². The Kier molecular flexibility index (Phi) is 9.36. The fourth-order valence-corrected chi connectivity index (χ4v) is 1.96. The van der Waals surface area contributed by atoms with Crippen LogP contribution in [0, 0.1) is 0 Å². The summed E-state index contributed by atoms with van der Waals surface area (Å²) in [6, 6.07) is 7.61. The second-order valence-corrected chi connectivity index (χ2v) is 5.04. The highest BCUT2D eigenvalue weighted by atomic mass is 16.5. The predicted octanol–water partition coefficient (Wildman–Crippen LogP) is 2.94. The van der Waals surface area contributed by atoms with E-state index >= 15 is 0 Å². The number of methoxy groups -OCH3 is 1. The summed E-state index contributed by atoms with van der Waals surface area (Å²) in [5.41, 5.74) is 0. The van der Waals surface area contributed by atoms with Gasteiger partial charge in [-0.15, -0.1) is 0 Å². The summed E-state index contributed by atoms with van der Waals surface area (Å²) in [5.74, 6) is 2.58. The first-order valence-corrected chi connectivity index (χ1v) is 8.08. The molecule has 0 aliphatic heterocycles. The fourth-order valence-electron chi connectivity index (χ4n) is 1.96. The van der Waals surface area contributed by atoms with Crippen molar-refractivity contribution in [2.75, 3.05) is 40.4 Å². The topological polar surface area (TPSA) is 46.1 Å². The number of rotatable bonds is 9. The fraction of sp³-hybridized carbons (Fsp3) is 0.500. The minimum atomic E-state index is 0.599. The van der Waals surface area contributed by atoms with Crippen LogP contribution in [-0.2, 0) is 0 Å². The lowest BCUT2D eigenvalue weighted by molar-refractivity contribution is 0.281. The van der Waals surface area contributed by atoms with Crippen molar-refractivity contribution in [2.45, 2.75) is 20.3 Å². The largest absolute Gasteiger partial charge is 0.497 e. The van der Waals surface area contributed by atoms with Crippen LogP contribution in [0.4, 0.5) is 0 Å². The minimum absolute atomic E-state index is 0.599. The normalized spacial score (nSPS) is 11.6. The summed E-state index contributed by atoms with van der Waals surface area (Å²) in [4.78, 5) is 6.69. The van der Waals surface area contributed by atoms with Crippen LogP contribution < -0.4 is 14.8 Å². The molecule has 0 fully saturated rings. The number of hydrogen-bond acceptors (Lipinski definition) is 3. The quantitative estimate of drug-likeness (QED) is 0.329. The van der Waals surface area contributed by atoms with Crippen molar-refractivity contribution in [3.05, 3.63) is 36.4 Å². The van der Waals surface area contributed by atoms with Crippen LogP contribution in [0.15, 0.2) is 41.4 Å². The van der Waals surface area contributed by atoms with E-state index < -0.39 is 0 Å². The second-order valence-electron chi connectivity index (χ2n) is 5.04. The molecule has 0 aliphatic rings. The zero-order chi connectivity index (χ0) is 16.9. The molecule has 5 nitrogen and oxygen atoms in total. The van der Waals surface area contributed by atoms with Crippen molar-refractivity contribution in [1.82, 2.24) is 10.2 Å². The van der Waals surface area contributed by atoms with Gasteiger partial charge in [-0.3, -0.25) is 4.99 Å². The molecule has 0 amide bonds. The van der Waals surface area contributed by atoms with Gasteiger partial charge < -0.3 is 19.7 Å². The molecule has 1 aromatic carbocycles. The van der Waals surface area contributed by atoms with E-state index in [4.69, 9.17) is 9.47 Å². The van der Waals surface area contributed by atoms with Gasteiger partial charge in [0.05, 0.1) is 13.7 Å². The SMILES string of the molecule is C/C=C/CCN=C(NCC)N(C)CCOc1ccc(OC)cc1. The van der Waals surface area contributed by atoms with Crippen LogP contribution in [0.2, 0.25) is 0 Å². The average molecular weight is 319 g/mol. The third-order valence-corrected chi connectivity index (χ3v) is 3.24. The Morgan fingerprint density at radius 3 is 2.57 bits per heavy atom. The van der Waals surface area contributed by atoms with E-state index in [-0.39, 0.29) is 0 Å². The highest BCUT2D eigenvalue weighted by molar-refractivity contribution is 5.79. The first-order valence-electron chi connectivity index (χ1n) is 8.08. The zero-order valence-corrected chi connectivity index (χ0v) is 14.7. The van der Waals surface area contributed by atoms with Gasteiger partial charge in [-0.2, -0.15) is 0 Å². The van der Waals surface area contributed by atoms with E-state index in [1.807, 2.05) is 38.2 Å². The lowest BCUT2D eigenvalue weighted by Gasteiger charge is -2.22. The molecule has 0 unspecified atom stereocenters. The summed E-state index contributed by atoms with van der Waals surface area (Å²) in [6.07, 6.45) is 5.14. The molecule has 128 valence electrons. The molecule has 0 bridgehead atoms. The first kappa shape index (κ1) is 18.9. The molecule has 0 atom stereocenters. The van der Waals surface area contributed by atoms with Gasteiger partial charge in [0.1, 0.15) is 18.1 Å². The molecule has 0 radical (unpaired) electrons. The van der Waals surface area contributed by atoms with Crippen LogP contribution in [0.5, 0.6) is 11.5 Å². The molecule has 0 saturated heterocycles. The Balaban J connectivity index is 2.42. The molecule has 0 saturated carbocycles. The van der Waals surface area contributed by atoms with E-state index in [1.165, 1.54) is 0 Å². The van der Waals surface area contributed by atoms with E-state index in [1.54, 1.807) is 7.11 Å². The molecule has 1 aromatic rings. The standard InChI is InChI=1S/C18H29N3O2/c1-5-7-8-13-20-18(19-6-2)21(3)14-15-23-17-11-9-16(22-4)10-12-17/h5,7,9-12H,6,8,13-15H2,1-4H3,(H,19,20)/b7-5+. The number of allylic oxidation sites excluding steroid dienone is 1. The molecule has 0 aromatic heterocycles. The van der Waals surface area contributed by atoms with Gasteiger partial charge in [0.2, 0.25) is 0 Å². The Bertz CT molecular complexity index is 484. The van der Waals surface area contributed by atoms with E-state index in [2.05, 4.69) is 34.3 Å². The Morgan fingerprint density at radius 1 is 1.26 bits per heavy atom. The van der Waals surface area contributed by atoms with Crippen LogP contribution in [0.25, 0.3) is 0 Å². The second kappa shape index (κ2) is 11.4. The van der Waals surface area contributed by atoms with Crippen molar-refractivity contribution in [3.8, 4) is 11.5 Å². The zero-order valence-electron chi connectivity index (χ0n) is 14.7. The summed E-state index contributed by atoms with van der Waals surface area (Å²) in [6.45, 7) is 7.10. The van der Waals surface area contributed by atoms with Crippen molar-refractivity contribution < 1.29 is 9.47 Å². The smallest absolute Gasteiger partial charge is 0.193 e. The minimum Gasteiger partial charge on any atom is -0.497 e. The number of hydrogen-bond donors (Lipinski definition) is 1. The Hall–Kier alpha value is -2.17. The predicted molar refractivity (Wildman–Crippen MR) is 96.5 cm³/mol. The highest BCUT2D eigenvalue weighted by Crippen LogP contribution is 2.16. The molecule has 1 N–H and O–H groups in total. The number of benzene rings is 1. The van der Waals surface area contributed by atoms with E-state index in [9.17, 15) is 0 Å². The Morgan fingerprint density at radius 2 is 1.96 bits per heavy atom. The van der Waals surface area contributed by atoms with Gasteiger partial charge in [0, 0.05) is 20.1 Å². The summed E-state index contributed by atoms with van der Waals surface area (Å²) < 4.78 is 10.9. The van der Waals surface area contributed by atoms with Gasteiger partial charge in [-0.1, -0.05) is 12.2 Å². The maximum absolute atomic E-state index is 5.76. The third-order valence-electron chi connectivity index (χ3n) is 3.24. The molecule has 0 heterocycles. The molecular weight excluding hydrogens is 290 g/mol. The van der Waals surface area contributed by atoms with Gasteiger partial charge in [-0.25, -0.2) is 0 Å². The van der Waals surface area contributed by atoms with Gasteiger partial charge in [0.25, 0.3) is 0 Å². The van der Waals surface area contributed by atoms with E-state index in [0.29, 0.717) is 6.61 Å². The van der Waals surface area contributed by atoms with Gasteiger partial charge in [-0.05, 0) is 44.5 Å². The van der Waals surface area contributed by atoms with Crippen molar-refractivity contribution in [2.24, 2.45) is 4.99 Å². The highest BCUT2D eigenvalue weighted by Gasteiger charge is 2.05. The number of nitrogens with zero attached hydrogens (tertiary/aromatic N) is 2. The molecule has 23 heavy (non-hydrogen) atoms. The molecular formula is C18H29N3O2. The number of guanidine groups is 1. The maximum atomic E-state index is 5.76. The molecule has 1 rings (SSSR count). The number of likely N-dealkylation sites (N-methyl/N-ethyl adjacent to an activating group) is 1. The van der Waals surface area contributed by atoms with Gasteiger partial charge in [0.15, 0.2) is 5.96 Å². The van der Waals surface area contributed by atoms with Crippen LogP contribution >= 0.6 is 0 Å². The van der Waals surface area contributed by atoms with Crippen molar-refractivity contribution in [3.63, 3.8) is 0 Å². The first-order chi connectivity index (χ1) is 11.2. The Labute approximate surface area is 140 Å². The molecule has 0 spiro atoms. The average Bonchev–Trinajstić information content (AvgIpc) is 2.58. The van der Waals surface area contributed by atoms with Crippen LogP contribution in [0.1, 0.15) is 20.3 Å². The summed E-state index contributed by atoms with van der Waals surface area (Å²) in [5, 5.41) is 3.30. The third kappa shape index (κ3) is 7.58. The van der Waals surface area contributed by atoms with E-state index in [0.717, 1.165) is 43.5 Å². The molecule has 5 heteroatoms. The molecule has 0 aliphatic carbocycles. The lowest BCUT2D eigenvalue weighted by Crippen LogP contribution is -2.41.